The molecule has 0 fully saturated rings. The Hall–Kier alpha value is -1.60. The first kappa shape index (κ1) is 20.7. The fourth-order valence-corrected chi connectivity index (χ4v) is 4.13. The zero-order valence-electron chi connectivity index (χ0n) is 18.2. The van der Waals surface area contributed by atoms with Crippen molar-refractivity contribution in [3.05, 3.63) is 68.8 Å². The molecule has 0 saturated carbocycles. The van der Waals surface area contributed by atoms with Gasteiger partial charge in [-0.25, -0.2) is 0 Å². The summed E-state index contributed by atoms with van der Waals surface area (Å²) < 4.78 is 5.48. The average Bonchev–Trinajstić information content (AvgIpc) is 2.57. The van der Waals surface area contributed by atoms with Gasteiger partial charge in [-0.1, -0.05) is 45.0 Å². The highest BCUT2D eigenvalue weighted by atomic mass is 16.5. The van der Waals surface area contributed by atoms with Crippen LogP contribution in [0.25, 0.3) is 0 Å². The van der Waals surface area contributed by atoms with Crippen LogP contribution in [0.1, 0.15) is 72.2 Å². The van der Waals surface area contributed by atoms with Crippen molar-refractivity contribution >= 4 is 0 Å². The van der Waals surface area contributed by atoms with Crippen LogP contribution in [0.3, 0.4) is 0 Å². The molecule has 0 bridgehead atoms. The van der Waals surface area contributed by atoms with Gasteiger partial charge in [0, 0.05) is 12.5 Å². The summed E-state index contributed by atoms with van der Waals surface area (Å²) in [6.45, 7) is 18.0. The molecule has 0 aromatic heterocycles. The standard InChI is InChI=1S/C25H36O/c1-10-23-16(2)11-21(12-17(23)3)25(7,8)22-13-18(4)24(19(5)14-22)15-20(6)26-9/h11-14,20H,10,15H2,1-9H3. The van der Waals surface area contributed by atoms with Gasteiger partial charge in [0.15, 0.2) is 0 Å². The third kappa shape index (κ3) is 4.04. The van der Waals surface area contributed by atoms with Crippen LogP contribution in [0, 0.1) is 27.7 Å². The number of rotatable bonds is 6. The van der Waals surface area contributed by atoms with Crippen molar-refractivity contribution in [2.24, 2.45) is 0 Å². The van der Waals surface area contributed by atoms with E-state index in [1.54, 1.807) is 7.11 Å². The number of hydrogen-bond donors (Lipinski definition) is 0. The number of methoxy groups -OCH3 is 1. The Kier molecular flexibility index (Phi) is 6.34. The Morgan fingerprint density at radius 1 is 0.808 bits per heavy atom. The highest BCUT2D eigenvalue weighted by molar-refractivity contribution is 5.48. The van der Waals surface area contributed by atoms with E-state index < -0.39 is 0 Å². The molecule has 1 atom stereocenters. The quantitative estimate of drug-likeness (QED) is 0.585. The maximum atomic E-state index is 5.48. The van der Waals surface area contributed by atoms with Gasteiger partial charge >= 0.3 is 0 Å². The molecular weight excluding hydrogens is 316 g/mol. The third-order valence-electron chi connectivity index (χ3n) is 6.08. The molecule has 0 aliphatic heterocycles. The predicted octanol–water partition coefficient (Wildman–Crippen LogP) is 6.39. The van der Waals surface area contributed by atoms with E-state index in [4.69, 9.17) is 4.74 Å². The molecule has 2 rings (SSSR count). The summed E-state index contributed by atoms with van der Waals surface area (Å²) in [7, 11) is 1.79. The molecule has 0 aliphatic rings. The molecule has 1 nitrogen and oxygen atoms in total. The van der Waals surface area contributed by atoms with Crippen molar-refractivity contribution in [2.75, 3.05) is 7.11 Å². The van der Waals surface area contributed by atoms with Gasteiger partial charge in [-0.2, -0.15) is 0 Å². The Labute approximate surface area is 160 Å². The van der Waals surface area contributed by atoms with Gasteiger partial charge in [0.05, 0.1) is 6.10 Å². The first-order chi connectivity index (χ1) is 12.1. The van der Waals surface area contributed by atoms with E-state index in [2.05, 4.69) is 79.7 Å². The SMILES string of the molecule is CCc1c(C)cc(C(C)(C)c2cc(C)c(CC(C)OC)c(C)c2)cc1C. The zero-order valence-corrected chi connectivity index (χ0v) is 18.2. The molecule has 2 aromatic rings. The van der Waals surface area contributed by atoms with E-state index in [1.807, 2.05) is 0 Å². The van der Waals surface area contributed by atoms with Crippen molar-refractivity contribution in [1.82, 2.24) is 0 Å². The topological polar surface area (TPSA) is 9.23 Å². The Bertz CT molecular complexity index is 737. The summed E-state index contributed by atoms with van der Waals surface area (Å²) in [6.07, 6.45) is 2.32. The zero-order chi connectivity index (χ0) is 19.6. The molecule has 2 aromatic carbocycles. The molecule has 1 unspecified atom stereocenters. The lowest BCUT2D eigenvalue weighted by molar-refractivity contribution is 0.118. The molecule has 0 spiro atoms. The van der Waals surface area contributed by atoms with Crippen LogP contribution in [0.15, 0.2) is 24.3 Å². The van der Waals surface area contributed by atoms with Crippen LogP contribution in [0.2, 0.25) is 0 Å². The molecule has 0 saturated heterocycles. The van der Waals surface area contributed by atoms with Crippen molar-refractivity contribution < 1.29 is 4.74 Å². The van der Waals surface area contributed by atoms with E-state index in [0.29, 0.717) is 0 Å². The van der Waals surface area contributed by atoms with Crippen LogP contribution in [0.4, 0.5) is 0 Å². The molecule has 0 radical (unpaired) electrons. The molecule has 26 heavy (non-hydrogen) atoms. The normalized spacial score (nSPS) is 13.1. The second-order valence-corrected chi connectivity index (χ2v) is 8.41. The summed E-state index contributed by atoms with van der Waals surface area (Å²) >= 11 is 0. The Morgan fingerprint density at radius 2 is 1.19 bits per heavy atom. The fourth-order valence-electron chi connectivity index (χ4n) is 4.13. The van der Waals surface area contributed by atoms with Gasteiger partial charge in [-0.3, -0.25) is 0 Å². The van der Waals surface area contributed by atoms with Crippen molar-refractivity contribution in [3.8, 4) is 0 Å². The summed E-state index contributed by atoms with van der Waals surface area (Å²) in [5.41, 5.74) is 11.3. The highest BCUT2D eigenvalue weighted by Crippen LogP contribution is 2.36. The molecule has 0 N–H and O–H groups in total. The number of hydrogen-bond acceptors (Lipinski definition) is 1. The lowest BCUT2D eigenvalue weighted by atomic mass is 9.75. The van der Waals surface area contributed by atoms with Crippen LogP contribution < -0.4 is 0 Å². The molecule has 1 heteroatoms. The van der Waals surface area contributed by atoms with Crippen LogP contribution >= 0.6 is 0 Å². The van der Waals surface area contributed by atoms with E-state index in [9.17, 15) is 0 Å². The van der Waals surface area contributed by atoms with Gasteiger partial charge in [0.2, 0.25) is 0 Å². The number of ether oxygens (including phenoxy) is 1. The maximum absolute atomic E-state index is 5.48. The first-order valence-corrected chi connectivity index (χ1v) is 9.85. The minimum Gasteiger partial charge on any atom is -0.381 e. The molecule has 142 valence electrons. The van der Waals surface area contributed by atoms with E-state index in [1.165, 1.54) is 44.5 Å². The van der Waals surface area contributed by atoms with Crippen LogP contribution in [0.5, 0.6) is 0 Å². The molecule has 0 heterocycles. The smallest absolute Gasteiger partial charge is 0.0583 e. The Morgan fingerprint density at radius 3 is 1.54 bits per heavy atom. The fraction of sp³-hybridized carbons (Fsp3) is 0.520. The predicted molar refractivity (Wildman–Crippen MR) is 114 cm³/mol. The van der Waals surface area contributed by atoms with Gasteiger partial charge in [-0.15, -0.1) is 0 Å². The largest absolute Gasteiger partial charge is 0.381 e. The monoisotopic (exact) mass is 352 g/mol. The third-order valence-corrected chi connectivity index (χ3v) is 6.08. The molecule has 0 aliphatic carbocycles. The lowest BCUT2D eigenvalue weighted by Gasteiger charge is -2.29. The van der Waals surface area contributed by atoms with Crippen LogP contribution in [-0.4, -0.2) is 13.2 Å². The number of benzene rings is 2. The minimum atomic E-state index is -0.0112. The number of aryl methyl sites for hydroxylation is 4. The van der Waals surface area contributed by atoms with E-state index >= 15 is 0 Å². The maximum Gasteiger partial charge on any atom is 0.0583 e. The highest BCUT2D eigenvalue weighted by Gasteiger charge is 2.25. The lowest BCUT2D eigenvalue weighted by Crippen LogP contribution is -2.21. The van der Waals surface area contributed by atoms with Crippen molar-refractivity contribution in [3.63, 3.8) is 0 Å². The summed E-state index contributed by atoms with van der Waals surface area (Å²) in [5, 5.41) is 0. The molecular formula is C25H36O. The van der Waals surface area contributed by atoms with Gasteiger partial charge in [0.1, 0.15) is 0 Å². The summed E-state index contributed by atoms with van der Waals surface area (Å²) in [6, 6.07) is 9.53. The molecule has 0 amide bonds. The summed E-state index contributed by atoms with van der Waals surface area (Å²) in [5.74, 6) is 0. The van der Waals surface area contributed by atoms with Crippen molar-refractivity contribution in [2.45, 2.75) is 79.8 Å². The minimum absolute atomic E-state index is 0.0112. The van der Waals surface area contributed by atoms with E-state index in [0.717, 1.165) is 12.8 Å². The summed E-state index contributed by atoms with van der Waals surface area (Å²) in [4.78, 5) is 0. The van der Waals surface area contributed by atoms with Gasteiger partial charge in [0.25, 0.3) is 0 Å². The first-order valence-electron chi connectivity index (χ1n) is 9.85. The van der Waals surface area contributed by atoms with Crippen molar-refractivity contribution in [1.29, 1.82) is 0 Å². The Balaban J connectivity index is 2.50. The second kappa shape index (κ2) is 7.96. The van der Waals surface area contributed by atoms with Crippen LogP contribution in [-0.2, 0) is 23.0 Å². The van der Waals surface area contributed by atoms with Gasteiger partial charge in [-0.05, 0) is 92.0 Å². The average molecular weight is 353 g/mol. The van der Waals surface area contributed by atoms with Gasteiger partial charge < -0.3 is 4.74 Å². The van der Waals surface area contributed by atoms with E-state index in [-0.39, 0.29) is 11.5 Å². The second-order valence-electron chi connectivity index (χ2n) is 8.41.